The van der Waals surface area contributed by atoms with E-state index in [4.69, 9.17) is 5.26 Å². The summed E-state index contributed by atoms with van der Waals surface area (Å²) >= 11 is 0. The fourth-order valence-corrected chi connectivity index (χ4v) is 2.61. The van der Waals surface area contributed by atoms with Crippen molar-refractivity contribution in [1.82, 2.24) is 4.57 Å². The van der Waals surface area contributed by atoms with Crippen LogP contribution in [-0.2, 0) is 16.1 Å². The Morgan fingerprint density at radius 1 is 1.29 bits per heavy atom. The maximum Gasteiger partial charge on any atom is 0.269 e. The van der Waals surface area contributed by atoms with Gasteiger partial charge in [-0.1, -0.05) is 12.1 Å². The average Bonchev–Trinajstić information content (AvgIpc) is 2.57. The number of aromatic nitrogens is 1. The minimum absolute atomic E-state index is 0.0158. The third kappa shape index (κ3) is 2.65. The highest BCUT2D eigenvalue weighted by atomic mass is 16.2. The molecular weight excluding hydrogens is 308 g/mol. The Hall–Kier alpha value is -3.40. The van der Waals surface area contributed by atoms with Crippen LogP contribution in [0.1, 0.15) is 11.1 Å². The summed E-state index contributed by atoms with van der Waals surface area (Å²) in [5.41, 5.74) is 1.20. The van der Waals surface area contributed by atoms with Crippen molar-refractivity contribution in [3.05, 3.63) is 58.0 Å². The van der Waals surface area contributed by atoms with Gasteiger partial charge in [-0.05, 0) is 30.7 Å². The Morgan fingerprint density at radius 2 is 2.04 bits per heavy atom. The zero-order valence-electron chi connectivity index (χ0n) is 12.9. The van der Waals surface area contributed by atoms with E-state index in [-0.39, 0.29) is 24.6 Å². The molecule has 0 saturated carbocycles. The normalized spacial score (nSPS) is 13.0. The maximum atomic E-state index is 12.6. The van der Waals surface area contributed by atoms with Gasteiger partial charge in [0.2, 0.25) is 11.8 Å². The van der Waals surface area contributed by atoms with Crippen molar-refractivity contribution in [1.29, 1.82) is 5.26 Å². The van der Waals surface area contributed by atoms with Crippen molar-refractivity contribution >= 4 is 23.2 Å². The van der Waals surface area contributed by atoms with Crippen LogP contribution in [-0.4, -0.2) is 22.9 Å². The monoisotopic (exact) mass is 322 g/mol. The molecule has 24 heavy (non-hydrogen) atoms. The molecule has 2 amide bonds. The van der Waals surface area contributed by atoms with Gasteiger partial charge in [0, 0.05) is 6.20 Å². The molecule has 2 heterocycles. The summed E-state index contributed by atoms with van der Waals surface area (Å²) in [4.78, 5) is 38.0. The number of para-hydroxylation sites is 2. The van der Waals surface area contributed by atoms with Crippen LogP contribution in [0, 0.1) is 18.3 Å². The first-order valence-corrected chi connectivity index (χ1v) is 7.30. The standard InChI is InChI=1S/C17H14N4O3/c1-11-6-7-20(17(24)12(11)8-18)10-16(23)21-9-15(22)19-13-4-2-3-5-14(13)21/h2-7H,9-10H2,1H3,(H,19,22). The Labute approximate surface area is 137 Å². The van der Waals surface area contributed by atoms with Crippen molar-refractivity contribution in [3.8, 4) is 6.07 Å². The number of hydrogen-bond donors (Lipinski definition) is 1. The van der Waals surface area contributed by atoms with Gasteiger partial charge in [0.25, 0.3) is 5.56 Å². The minimum atomic E-state index is -0.513. The van der Waals surface area contributed by atoms with Gasteiger partial charge in [-0.3, -0.25) is 19.3 Å². The van der Waals surface area contributed by atoms with Crippen LogP contribution in [0.15, 0.2) is 41.3 Å². The first-order valence-electron chi connectivity index (χ1n) is 7.30. The number of nitrogens with zero attached hydrogens (tertiary/aromatic N) is 3. The van der Waals surface area contributed by atoms with E-state index < -0.39 is 11.5 Å². The molecule has 0 unspecified atom stereocenters. The molecule has 120 valence electrons. The number of pyridine rings is 1. The van der Waals surface area contributed by atoms with Gasteiger partial charge in [0.1, 0.15) is 24.7 Å². The van der Waals surface area contributed by atoms with Gasteiger partial charge >= 0.3 is 0 Å². The molecule has 1 aliphatic heterocycles. The first-order chi connectivity index (χ1) is 11.5. The fourth-order valence-electron chi connectivity index (χ4n) is 2.61. The third-order valence-electron chi connectivity index (χ3n) is 3.86. The Bertz CT molecular complexity index is 940. The molecule has 0 spiro atoms. The number of benzene rings is 1. The van der Waals surface area contributed by atoms with Crippen LogP contribution in [0.4, 0.5) is 11.4 Å². The lowest BCUT2D eigenvalue weighted by atomic mass is 10.1. The van der Waals surface area contributed by atoms with Gasteiger partial charge < -0.3 is 9.88 Å². The summed E-state index contributed by atoms with van der Waals surface area (Å²) in [5, 5.41) is 11.8. The summed E-state index contributed by atoms with van der Waals surface area (Å²) in [7, 11) is 0. The van der Waals surface area contributed by atoms with Gasteiger partial charge in [-0.2, -0.15) is 5.26 Å². The number of nitrogens with one attached hydrogen (secondary N) is 1. The molecule has 7 nitrogen and oxygen atoms in total. The predicted octanol–water partition coefficient (Wildman–Crippen LogP) is 1.01. The van der Waals surface area contributed by atoms with Crippen molar-refractivity contribution in [3.63, 3.8) is 0 Å². The van der Waals surface area contributed by atoms with Crippen molar-refractivity contribution in [2.24, 2.45) is 0 Å². The molecule has 1 aliphatic rings. The zero-order chi connectivity index (χ0) is 17.3. The van der Waals surface area contributed by atoms with Crippen molar-refractivity contribution in [2.45, 2.75) is 13.5 Å². The molecule has 0 aliphatic carbocycles. The van der Waals surface area contributed by atoms with Gasteiger partial charge in [-0.15, -0.1) is 0 Å². The van der Waals surface area contributed by atoms with Crippen molar-refractivity contribution < 1.29 is 9.59 Å². The summed E-state index contributed by atoms with van der Waals surface area (Å²) in [6.45, 7) is 1.31. The number of nitriles is 1. The molecule has 1 aromatic carbocycles. The van der Waals surface area contributed by atoms with Crippen molar-refractivity contribution in [2.75, 3.05) is 16.8 Å². The highest BCUT2D eigenvalue weighted by molar-refractivity contribution is 6.09. The highest BCUT2D eigenvalue weighted by Crippen LogP contribution is 2.28. The third-order valence-corrected chi connectivity index (χ3v) is 3.86. The second-order valence-corrected chi connectivity index (χ2v) is 5.46. The van der Waals surface area contributed by atoms with Crippen LogP contribution in [0.3, 0.4) is 0 Å². The number of carbonyl (C=O) groups is 2. The first kappa shape index (κ1) is 15.5. The number of rotatable bonds is 2. The summed E-state index contributed by atoms with van der Waals surface area (Å²) in [6.07, 6.45) is 1.48. The Balaban J connectivity index is 1.93. The van der Waals surface area contributed by atoms with Gasteiger partial charge in [-0.25, -0.2) is 0 Å². The van der Waals surface area contributed by atoms with Crippen LogP contribution in [0.5, 0.6) is 0 Å². The average molecular weight is 322 g/mol. The van der Waals surface area contributed by atoms with Gasteiger partial charge in [0.15, 0.2) is 0 Å². The smallest absolute Gasteiger partial charge is 0.269 e. The van der Waals surface area contributed by atoms with Crippen LogP contribution < -0.4 is 15.8 Å². The number of fused-ring (bicyclic) bond motifs is 1. The molecule has 0 saturated heterocycles. The SMILES string of the molecule is Cc1ccn(CC(=O)N2CC(=O)Nc3ccccc32)c(=O)c1C#N. The van der Waals surface area contributed by atoms with E-state index in [0.717, 1.165) is 0 Å². The lowest BCUT2D eigenvalue weighted by molar-refractivity contribution is -0.122. The van der Waals surface area contributed by atoms with E-state index in [0.29, 0.717) is 16.9 Å². The Morgan fingerprint density at radius 3 is 2.79 bits per heavy atom. The molecule has 1 aromatic heterocycles. The summed E-state index contributed by atoms with van der Waals surface area (Å²) in [6, 6.07) is 10.4. The number of anilines is 2. The van der Waals surface area contributed by atoms with Crippen LogP contribution in [0.25, 0.3) is 0 Å². The molecule has 0 atom stereocenters. The lowest BCUT2D eigenvalue weighted by Crippen LogP contribution is -2.44. The largest absolute Gasteiger partial charge is 0.323 e. The second kappa shape index (κ2) is 6.01. The van der Waals surface area contributed by atoms with Crippen LogP contribution in [0.2, 0.25) is 0 Å². The topological polar surface area (TPSA) is 95.2 Å². The quantitative estimate of drug-likeness (QED) is 0.893. The van der Waals surface area contributed by atoms with E-state index in [9.17, 15) is 14.4 Å². The molecule has 7 heteroatoms. The molecule has 2 aromatic rings. The maximum absolute atomic E-state index is 12.6. The lowest BCUT2D eigenvalue weighted by Gasteiger charge is -2.29. The van der Waals surface area contributed by atoms with E-state index in [1.165, 1.54) is 15.7 Å². The van der Waals surface area contributed by atoms with E-state index >= 15 is 0 Å². The highest BCUT2D eigenvalue weighted by Gasteiger charge is 2.26. The Kier molecular flexibility index (Phi) is 3.88. The number of amides is 2. The van der Waals surface area contributed by atoms with E-state index in [2.05, 4.69) is 5.32 Å². The summed E-state index contributed by atoms with van der Waals surface area (Å²) in [5.74, 6) is -0.692. The van der Waals surface area contributed by atoms with E-state index in [1.54, 1.807) is 37.3 Å². The summed E-state index contributed by atoms with van der Waals surface area (Å²) < 4.78 is 1.18. The number of aryl methyl sites for hydroxylation is 1. The molecule has 3 rings (SSSR count). The minimum Gasteiger partial charge on any atom is -0.323 e. The molecule has 0 radical (unpaired) electrons. The number of hydrogen-bond acceptors (Lipinski definition) is 4. The molecule has 1 N–H and O–H groups in total. The van der Waals surface area contributed by atoms with E-state index in [1.807, 2.05) is 6.07 Å². The van der Waals surface area contributed by atoms with Gasteiger partial charge in [0.05, 0.1) is 11.4 Å². The molecule has 0 bridgehead atoms. The predicted molar refractivity (Wildman–Crippen MR) is 87.6 cm³/mol. The fraction of sp³-hybridized carbons (Fsp3) is 0.176. The second-order valence-electron chi connectivity index (χ2n) is 5.46. The number of carbonyl (C=O) groups excluding carboxylic acids is 2. The zero-order valence-corrected chi connectivity index (χ0v) is 12.9. The molecular formula is C17H14N4O3. The van der Waals surface area contributed by atoms with Crippen LogP contribution >= 0.6 is 0 Å². The molecule has 0 fully saturated rings.